The molecule has 0 saturated carbocycles. The molecule has 56 heavy (non-hydrogen) atoms. The zero-order valence-electron chi connectivity index (χ0n) is 30.2. The van der Waals surface area contributed by atoms with Gasteiger partial charge in [0.05, 0.1) is 21.3 Å². The van der Waals surface area contributed by atoms with Crippen LogP contribution < -0.4 is 9.80 Å². The molecular formula is C51H33N3OS. The molecule has 0 aliphatic rings. The van der Waals surface area contributed by atoms with E-state index in [2.05, 4.69) is 198 Å². The number of aromatic nitrogens is 1. The van der Waals surface area contributed by atoms with Crippen LogP contribution in [0.2, 0.25) is 0 Å². The smallest absolute Gasteiger partial charge is 0.137 e. The average Bonchev–Trinajstić information content (AvgIpc) is 3.89. The van der Waals surface area contributed by atoms with Crippen LogP contribution in [0.15, 0.2) is 205 Å². The number of hydrogen-bond donors (Lipinski definition) is 0. The minimum Gasteiger partial charge on any atom is -0.456 e. The lowest BCUT2D eigenvalue weighted by atomic mass is 9.99. The van der Waals surface area contributed by atoms with E-state index >= 15 is 0 Å². The van der Waals surface area contributed by atoms with Gasteiger partial charge < -0.3 is 14.2 Å². The molecule has 0 N–H and O–H groups in total. The van der Waals surface area contributed by atoms with Gasteiger partial charge in [-0.05, 0) is 89.6 Å². The van der Waals surface area contributed by atoms with Crippen molar-refractivity contribution in [3.63, 3.8) is 0 Å². The van der Waals surface area contributed by atoms with Crippen LogP contribution in [0.25, 0.3) is 64.3 Å². The molecule has 0 radical (unpaired) electrons. The number of thiazole rings is 1. The van der Waals surface area contributed by atoms with Crippen LogP contribution in [0.4, 0.5) is 34.1 Å². The van der Waals surface area contributed by atoms with E-state index in [9.17, 15) is 0 Å². The standard InChI is InChI=1S/C51H33N3OS/c1-4-17-35(18-5-1)53(36-19-6-2-7-20-36)39-30-31-42-44(33-39)40-24-10-11-25-41(40)49-50(42)56-51(52-49)34-16-14-23-38(32-34)54(37-21-8-3-9-22-37)45-27-15-29-47-48(45)43-26-12-13-28-46(43)55-47/h1-33H. The second-order valence-corrected chi connectivity index (χ2v) is 14.9. The van der Waals surface area contributed by atoms with E-state index < -0.39 is 0 Å². The summed E-state index contributed by atoms with van der Waals surface area (Å²) in [6.07, 6.45) is 0. The lowest BCUT2D eigenvalue weighted by Crippen LogP contribution is -2.10. The molecule has 0 unspecified atom stereocenters. The monoisotopic (exact) mass is 735 g/mol. The van der Waals surface area contributed by atoms with Crippen molar-refractivity contribution in [3.8, 4) is 10.6 Å². The number of nitrogens with zero attached hydrogens (tertiary/aromatic N) is 3. The first kappa shape index (κ1) is 32.2. The Hall–Kier alpha value is -7.21. The van der Waals surface area contributed by atoms with Crippen LogP contribution in [0.5, 0.6) is 0 Å². The zero-order chi connectivity index (χ0) is 37.0. The van der Waals surface area contributed by atoms with Crippen molar-refractivity contribution in [1.29, 1.82) is 0 Å². The summed E-state index contributed by atoms with van der Waals surface area (Å²) in [5.74, 6) is 0. The maximum absolute atomic E-state index is 6.34. The van der Waals surface area contributed by atoms with Gasteiger partial charge in [0, 0.05) is 50.2 Å². The molecule has 0 spiro atoms. The molecule has 0 atom stereocenters. The van der Waals surface area contributed by atoms with E-state index in [1.807, 2.05) is 12.1 Å². The second kappa shape index (κ2) is 13.3. The molecule has 0 aliphatic heterocycles. The Morgan fingerprint density at radius 1 is 0.393 bits per heavy atom. The molecule has 11 aromatic rings. The summed E-state index contributed by atoms with van der Waals surface area (Å²) >= 11 is 1.76. The predicted molar refractivity (Wildman–Crippen MR) is 237 cm³/mol. The third-order valence-electron chi connectivity index (χ3n) is 10.6. The fraction of sp³-hybridized carbons (Fsp3) is 0. The van der Waals surface area contributed by atoms with E-state index in [0.717, 1.165) is 77.5 Å². The second-order valence-electron chi connectivity index (χ2n) is 13.9. The van der Waals surface area contributed by atoms with Crippen molar-refractivity contribution in [1.82, 2.24) is 4.98 Å². The van der Waals surface area contributed by atoms with Crippen molar-refractivity contribution < 1.29 is 4.42 Å². The van der Waals surface area contributed by atoms with Crippen LogP contribution >= 0.6 is 11.3 Å². The molecule has 4 nitrogen and oxygen atoms in total. The number of benzene rings is 9. The van der Waals surface area contributed by atoms with Gasteiger partial charge in [0.15, 0.2) is 0 Å². The highest BCUT2D eigenvalue weighted by Crippen LogP contribution is 2.46. The number of rotatable bonds is 7. The summed E-state index contributed by atoms with van der Waals surface area (Å²) in [5.41, 5.74) is 10.4. The number of furan rings is 1. The third-order valence-corrected chi connectivity index (χ3v) is 11.8. The van der Waals surface area contributed by atoms with Crippen LogP contribution in [-0.2, 0) is 0 Å². The summed E-state index contributed by atoms with van der Waals surface area (Å²) < 4.78 is 7.53. The van der Waals surface area contributed by atoms with Gasteiger partial charge in [-0.25, -0.2) is 4.98 Å². The summed E-state index contributed by atoms with van der Waals surface area (Å²) in [6.45, 7) is 0. The maximum Gasteiger partial charge on any atom is 0.137 e. The predicted octanol–water partition coefficient (Wildman–Crippen LogP) is 15.1. The van der Waals surface area contributed by atoms with E-state index in [1.54, 1.807) is 11.3 Å². The van der Waals surface area contributed by atoms with Crippen molar-refractivity contribution in [2.45, 2.75) is 0 Å². The minimum atomic E-state index is 0.865. The Kier molecular flexibility index (Phi) is 7.64. The summed E-state index contributed by atoms with van der Waals surface area (Å²) in [6, 6.07) is 70.7. The Morgan fingerprint density at radius 3 is 1.70 bits per heavy atom. The van der Waals surface area contributed by atoms with Crippen LogP contribution in [-0.4, -0.2) is 4.98 Å². The minimum absolute atomic E-state index is 0.865. The number of hydrogen-bond acceptors (Lipinski definition) is 5. The van der Waals surface area contributed by atoms with Gasteiger partial charge in [-0.3, -0.25) is 0 Å². The Labute approximate surface area is 327 Å². The summed E-state index contributed by atoms with van der Waals surface area (Å²) in [7, 11) is 0. The lowest BCUT2D eigenvalue weighted by molar-refractivity contribution is 0.669. The Balaban J connectivity index is 1.08. The molecular weight excluding hydrogens is 703 g/mol. The molecule has 2 heterocycles. The highest BCUT2D eigenvalue weighted by atomic mass is 32.1. The van der Waals surface area contributed by atoms with Gasteiger partial charge in [0.2, 0.25) is 0 Å². The molecule has 5 heteroatoms. The van der Waals surface area contributed by atoms with Crippen molar-refractivity contribution in [3.05, 3.63) is 200 Å². The van der Waals surface area contributed by atoms with E-state index in [0.29, 0.717) is 0 Å². The molecule has 0 bridgehead atoms. The molecule has 9 aromatic carbocycles. The number of para-hydroxylation sites is 4. The number of fused-ring (bicyclic) bond motifs is 9. The maximum atomic E-state index is 6.34. The van der Waals surface area contributed by atoms with E-state index in [1.165, 1.54) is 20.9 Å². The highest BCUT2D eigenvalue weighted by molar-refractivity contribution is 7.22. The largest absolute Gasteiger partial charge is 0.456 e. The average molecular weight is 736 g/mol. The molecule has 264 valence electrons. The Bertz CT molecular complexity index is 3170. The molecule has 0 saturated heterocycles. The van der Waals surface area contributed by atoms with Gasteiger partial charge in [0.25, 0.3) is 0 Å². The van der Waals surface area contributed by atoms with E-state index in [4.69, 9.17) is 9.40 Å². The topological polar surface area (TPSA) is 32.5 Å². The molecule has 2 aromatic heterocycles. The summed E-state index contributed by atoms with van der Waals surface area (Å²) in [4.78, 5) is 10.1. The van der Waals surface area contributed by atoms with Crippen LogP contribution in [0.1, 0.15) is 0 Å². The van der Waals surface area contributed by atoms with Gasteiger partial charge in [0.1, 0.15) is 16.2 Å². The van der Waals surface area contributed by atoms with Gasteiger partial charge in [-0.2, -0.15) is 0 Å². The molecule has 0 aliphatic carbocycles. The first-order chi connectivity index (χ1) is 27.8. The van der Waals surface area contributed by atoms with Crippen molar-refractivity contribution >= 4 is 99.2 Å². The lowest BCUT2D eigenvalue weighted by Gasteiger charge is -2.26. The van der Waals surface area contributed by atoms with Crippen molar-refractivity contribution in [2.24, 2.45) is 0 Å². The SMILES string of the molecule is c1ccc(N(c2ccccc2)c2ccc3c(c2)c2ccccc2c2nc(-c4cccc(N(c5ccccc5)c5cccc6oc7ccccc7c56)c4)sc32)cc1. The molecule has 0 amide bonds. The number of anilines is 6. The Morgan fingerprint density at radius 2 is 0.964 bits per heavy atom. The molecule has 0 fully saturated rings. The van der Waals surface area contributed by atoms with Gasteiger partial charge in [-0.1, -0.05) is 121 Å². The van der Waals surface area contributed by atoms with E-state index in [-0.39, 0.29) is 0 Å². The highest BCUT2D eigenvalue weighted by Gasteiger charge is 2.21. The first-order valence-corrected chi connectivity index (χ1v) is 19.6. The quantitative estimate of drug-likeness (QED) is 0.153. The first-order valence-electron chi connectivity index (χ1n) is 18.8. The fourth-order valence-electron chi connectivity index (χ4n) is 8.15. The normalized spacial score (nSPS) is 11.6. The summed E-state index contributed by atoms with van der Waals surface area (Å²) in [5, 5.41) is 7.93. The zero-order valence-corrected chi connectivity index (χ0v) is 31.0. The van der Waals surface area contributed by atoms with Gasteiger partial charge in [-0.15, -0.1) is 11.3 Å². The van der Waals surface area contributed by atoms with Crippen LogP contribution in [0, 0.1) is 0 Å². The third kappa shape index (κ3) is 5.32. The van der Waals surface area contributed by atoms with Crippen LogP contribution in [0.3, 0.4) is 0 Å². The molecule has 11 rings (SSSR count). The fourth-order valence-corrected chi connectivity index (χ4v) is 9.27. The van der Waals surface area contributed by atoms with Crippen molar-refractivity contribution in [2.75, 3.05) is 9.80 Å². The van der Waals surface area contributed by atoms with Gasteiger partial charge >= 0.3 is 0 Å².